The first kappa shape index (κ1) is 23.4. The Morgan fingerprint density at radius 1 is 1.23 bits per heavy atom. The normalized spacial score (nSPS) is 14.5. The van der Waals surface area contributed by atoms with Crippen molar-refractivity contribution in [2.75, 3.05) is 24.7 Å². The van der Waals surface area contributed by atoms with Crippen LogP contribution in [0.1, 0.15) is 52.5 Å². The molecule has 2 heterocycles. The van der Waals surface area contributed by atoms with E-state index in [1.54, 1.807) is 17.7 Å². The molecule has 2 aromatic rings. The van der Waals surface area contributed by atoms with Gasteiger partial charge in [0, 0.05) is 66.9 Å². The molecule has 31 heavy (non-hydrogen) atoms. The van der Waals surface area contributed by atoms with Gasteiger partial charge in [-0.05, 0) is 69.9 Å². The van der Waals surface area contributed by atoms with E-state index in [-0.39, 0.29) is 18.0 Å². The van der Waals surface area contributed by atoms with Gasteiger partial charge in [0.05, 0.1) is 0 Å². The molecule has 6 nitrogen and oxygen atoms in total. The van der Waals surface area contributed by atoms with Crippen LogP contribution >= 0.6 is 11.6 Å². The van der Waals surface area contributed by atoms with Crippen molar-refractivity contribution < 1.29 is 9.53 Å². The highest BCUT2D eigenvalue weighted by Gasteiger charge is 2.24. The Hall–Kier alpha value is -2.31. The molecule has 7 heteroatoms. The van der Waals surface area contributed by atoms with Crippen LogP contribution in [0.3, 0.4) is 0 Å². The summed E-state index contributed by atoms with van der Waals surface area (Å²) in [5.41, 5.74) is 4.69. The average molecular weight is 446 g/mol. The van der Waals surface area contributed by atoms with Gasteiger partial charge in [-0.2, -0.15) is 0 Å². The summed E-state index contributed by atoms with van der Waals surface area (Å²) in [6.07, 6.45) is 1.91. The molecule has 1 N–H and O–H groups in total. The second-order valence-electron chi connectivity index (χ2n) is 8.22. The zero-order chi connectivity index (χ0) is 22.7. The van der Waals surface area contributed by atoms with Gasteiger partial charge in [-0.1, -0.05) is 11.6 Å². The fourth-order valence-electron chi connectivity index (χ4n) is 4.33. The zero-order valence-corrected chi connectivity index (χ0v) is 19.8. The molecule has 1 aromatic heterocycles. The lowest BCUT2D eigenvalue weighted by molar-refractivity contribution is 0.0846. The monoisotopic (exact) mass is 445 g/mol. The first-order chi connectivity index (χ1) is 14.7. The second-order valence-corrected chi connectivity index (χ2v) is 8.66. The quantitative estimate of drug-likeness (QED) is 0.732. The van der Waals surface area contributed by atoms with Crippen molar-refractivity contribution in [2.24, 2.45) is 7.05 Å². The molecule has 0 bridgehead atoms. The molecule has 0 radical (unpaired) electrons. The summed E-state index contributed by atoms with van der Waals surface area (Å²) in [5, 5.41) is 3.45. The van der Waals surface area contributed by atoms with Crippen LogP contribution in [-0.2, 0) is 18.3 Å². The zero-order valence-electron chi connectivity index (χ0n) is 19.0. The summed E-state index contributed by atoms with van der Waals surface area (Å²) >= 11 is 6.43. The van der Waals surface area contributed by atoms with Crippen molar-refractivity contribution in [1.82, 2.24) is 9.88 Å². The largest absolute Gasteiger partial charge is 0.381 e. The van der Waals surface area contributed by atoms with Gasteiger partial charge in [-0.15, -0.1) is 0 Å². The molecule has 1 aliphatic rings. The molecule has 168 valence electrons. The standard InChI is InChI=1S/C24H32ClN3O3/c1-6-28(19-7-9-31-10-8-19)22-13-18(25)12-20(17(22)4)23(29)26-14-21-15(2)11-16(3)27(5)24(21)30/h11-13,19H,6-10,14H2,1-5H3,(H,26,29). The number of pyridine rings is 1. The topological polar surface area (TPSA) is 63.6 Å². The average Bonchev–Trinajstić information content (AvgIpc) is 2.75. The number of carbonyl (C=O) groups is 1. The third-order valence-electron chi connectivity index (χ3n) is 6.29. The van der Waals surface area contributed by atoms with E-state index in [1.807, 2.05) is 32.9 Å². The number of amides is 1. The molecular formula is C24H32ClN3O3. The molecule has 0 aliphatic carbocycles. The van der Waals surface area contributed by atoms with Crippen LogP contribution in [0.5, 0.6) is 0 Å². The van der Waals surface area contributed by atoms with E-state index in [1.165, 1.54) is 0 Å². The Balaban J connectivity index is 1.87. The minimum Gasteiger partial charge on any atom is -0.381 e. The summed E-state index contributed by atoms with van der Waals surface area (Å²) in [5.74, 6) is -0.230. The first-order valence-corrected chi connectivity index (χ1v) is 11.2. The number of aromatic nitrogens is 1. The molecule has 3 rings (SSSR count). The Bertz CT molecular complexity index is 1030. The van der Waals surface area contributed by atoms with Crippen LogP contribution in [0.25, 0.3) is 0 Å². The lowest BCUT2D eigenvalue weighted by atomic mass is 10.0. The molecule has 0 saturated carbocycles. The van der Waals surface area contributed by atoms with E-state index in [0.29, 0.717) is 22.2 Å². The van der Waals surface area contributed by atoms with E-state index < -0.39 is 0 Å². The minimum absolute atomic E-state index is 0.0852. The number of anilines is 1. The Kier molecular flexibility index (Phi) is 7.44. The van der Waals surface area contributed by atoms with Crippen molar-refractivity contribution >= 4 is 23.2 Å². The van der Waals surface area contributed by atoms with Gasteiger partial charge in [0.1, 0.15) is 0 Å². The van der Waals surface area contributed by atoms with Crippen LogP contribution in [-0.4, -0.2) is 36.3 Å². The van der Waals surface area contributed by atoms with Gasteiger partial charge in [-0.3, -0.25) is 9.59 Å². The summed E-state index contributed by atoms with van der Waals surface area (Å²) < 4.78 is 7.11. The lowest BCUT2D eigenvalue weighted by Crippen LogP contribution is -2.40. The number of aryl methyl sites for hydroxylation is 2. The van der Waals surface area contributed by atoms with Crippen LogP contribution in [0, 0.1) is 20.8 Å². The van der Waals surface area contributed by atoms with Gasteiger partial charge < -0.3 is 19.5 Å². The fourth-order valence-corrected chi connectivity index (χ4v) is 4.54. The number of nitrogens with zero attached hydrogens (tertiary/aromatic N) is 2. The Morgan fingerprint density at radius 2 is 1.90 bits per heavy atom. The highest BCUT2D eigenvalue weighted by molar-refractivity contribution is 6.31. The van der Waals surface area contributed by atoms with Crippen molar-refractivity contribution in [3.63, 3.8) is 0 Å². The van der Waals surface area contributed by atoms with E-state index >= 15 is 0 Å². The number of rotatable bonds is 6. The maximum absolute atomic E-state index is 13.1. The molecular weight excluding hydrogens is 414 g/mol. The van der Waals surface area contributed by atoms with Gasteiger partial charge in [-0.25, -0.2) is 0 Å². The molecule has 0 spiro atoms. The predicted molar refractivity (Wildman–Crippen MR) is 125 cm³/mol. The van der Waals surface area contributed by atoms with Crippen LogP contribution in [0.4, 0.5) is 5.69 Å². The molecule has 1 saturated heterocycles. The second kappa shape index (κ2) is 9.88. The summed E-state index contributed by atoms with van der Waals surface area (Å²) in [6.45, 7) is 10.4. The van der Waals surface area contributed by atoms with E-state index in [4.69, 9.17) is 16.3 Å². The van der Waals surface area contributed by atoms with Gasteiger partial charge in [0.25, 0.3) is 11.5 Å². The van der Waals surface area contributed by atoms with Crippen LogP contribution in [0.15, 0.2) is 23.0 Å². The summed E-state index contributed by atoms with van der Waals surface area (Å²) in [4.78, 5) is 28.0. The van der Waals surface area contributed by atoms with E-state index in [0.717, 1.165) is 55.1 Å². The lowest BCUT2D eigenvalue weighted by Gasteiger charge is -2.36. The summed E-state index contributed by atoms with van der Waals surface area (Å²) in [7, 11) is 1.74. The van der Waals surface area contributed by atoms with E-state index in [9.17, 15) is 9.59 Å². The highest BCUT2D eigenvalue weighted by atomic mass is 35.5. The molecule has 1 amide bonds. The van der Waals surface area contributed by atoms with Crippen LogP contribution in [0.2, 0.25) is 5.02 Å². The molecule has 0 unspecified atom stereocenters. The Labute approximate surface area is 189 Å². The maximum Gasteiger partial charge on any atom is 0.255 e. The number of halogens is 1. The van der Waals surface area contributed by atoms with Crippen molar-refractivity contribution in [2.45, 2.75) is 53.1 Å². The number of benzene rings is 1. The number of carbonyl (C=O) groups excluding carboxylic acids is 1. The Morgan fingerprint density at radius 3 is 2.55 bits per heavy atom. The number of hydrogen-bond acceptors (Lipinski definition) is 4. The van der Waals surface area contributed by atoms with Crippen molar-refractivity contribution in [1.29, 1.82) is 0 Å². The third-order valence-corrected chi connectivity index (χ3v) is 6.51. The maximum atomic E-state index is 13.1. The molecule has 1 fully saturated rings. The smallest absolute Gasteiger partial charge is 0.255 e. The molecule has 0 atom stereocenters. The first-order valence-electron chi connectivity index (χ1n) is 10.8. The fraction of sp³-hybridized carbons (Fsp3) is 0.500. The van der Waals surface area contributed by atoms with Crippen molar-refractivity contribution in [3.8, 4) is 0 Å². The molecule has 1 aliphatic heterocycles. The van der Waals surface area contributed by atoms with Gasteiger partial charge >= 0.3 is 0 Å². The third kappa shape index (κ3) is 4.96. The summed E-state index contributed by atoms with van der Waals surface area (Å²) in [6, 6.07) is 5.96. The highest BCUT2D eigenvalue weighted by Crippen LogP contribution is 2.31. The van der Waals surface area contributed by atoms with Crippen molar-refractivity contribution in [3.05, 3.63) is 61.5 Å². The minimum atomic E-state index is -0.230. The van der Waals surface area contributed by atoms with Crippen LogP contribution < -0.4 is 15.8 Å². The van der Waals surface area contributed by atoms with E-state index in [2.05, 4.69) is 17.1 Å². The SMILES string of the molecule is CCN(c1cc(Cl)cc(C(=O)NCc2c(C)cc(C)n(C)c2=O)c1C)C1CCOCC1. The number of ether oxygens (including phenoxy) is 1. The predicted octanol–water partition coefficient (Wildman–Crippen LogP) is 3.90. The number of nitrogens with one attached hydrogen (secondary N) is 1. The van der Waals surface area contributed by atoms with Gasteiger partial charge in [0.2, 0.25) is 0 Å². The van der Waals surface area contributed by atoms with Gasteiger partial charge in [0.15, 0.2) is 0 Å². The molecule has 1 aromatic carbocycles. The number of hydrogen-bond donors (Lipinski definition) is 1.